The highest BCUT2D eigenvalue weighted by Gasteiger charge is 2.38. The number of halogens is 1. The molecule has 22 heavy (non-hydrogen) atoms. The third-order valence-electron chi connectivity index (χ3n) is 3.28. The first kappa shape index (κ1) is 17.1. The van der Waals surface area contributed by atoms with Gasteiger partial charge in [0.05, 0.1) is 10.5 Å². The molecule has 2 rings (SSSR count). The summed E-state index contributed by atoms with van der Waals surface area (Å²) >= 11 is 7.30. The number of carbonyl (C=O) groups is 2. The highest BCUT2D eigenvalue weighted by Crippen LogP contribution is 2.36. The van der Waals surface area contributed by atoms with E-state index in [1.54, 1.807) is 31.4 Å². The van der Waals surface area contributed by atoms with E-state index >= 15 is 0 Å². The zero-order chi connectivity index (χ0) is 16.1. The molecule has 0 radical (unpaired) electrons. The maximum absolute atomic E-state index is 12.6. The van der Waals surface area contributed by atoms with Crippen molar-refractivity contribution in [3.8, 4) is 0 Å². The number of imide groups is 1. The molecule has 0 spiro atoms. The molecule has 0 aliphatic carbocycles. The van der Waals surface area contributed by atoms with Crippen molar-refractivity contribution < 1.29 is 14.3 Å². The Bertz CT molecular complexity index is 598. The van der Waals surface area contributed by atoms with Crippen molar-refractivity contribution >= 4 is 40.8 Å². The molecule has 1 aliphatic rings. The number of rotatable bonds is 7. The maximum atomic E-state index is 12.6. The molecule has 0 aromatic heterocycles. The topological polar surface area (TPSA) is 46.6 Å². The van der Waals surface area contributed by atoms with Crippen molar-refractivity contribution in [3.63, 3.8) is 0 Å². The molecule has 0 bridgehead atoms. The minimum Gasteiger partial charge on any atom is -0.385 e. The fourth-order valence-corrected chi connectivity index (χ4v) is 3.27. The average molecular weight is 340 g/mol. The molecule has 2 amide bonds. The number of benzene rings is 1. The van der Waals surface area contributed by atoms with E-state index in [4.69, 9.17) is 16.3 Å². The van der Waals surface area contributed by atoms with E-state index in [0.717, 1.165) is 11.3 Å². The summed E-state index contributed by atoms with van der Waals surface area (Å²) in [4.78, 5) is 27.0. The maximum Gasteiger partial charge on any atom is 0.267 e. The lowest BCUT2D eigenvalue weighted by atomic mass is 10.1. The van der Waals surface area contributed by atoms with E-state index in [0.29, 0.717) is 35.1 Å². The van der Waals surface area contributed by atoms with Crippen LogP contribution in [0, 0.1) is 0 Å². The van der Waals surface area contributed by atoms with Crippen molar-refractivity contribution in [3.05, 3.63) is 39.8 Å². The summed E-state index contributed by atoms with van der Waals surface area (Å²) in [7, 11) is 1.60. The Balaban J connectivity index is 2.32. The molecular formula is C16H18ClNO3S. The zero-order valence-corrected chi connectivity index (χ0v) is 14.2. The second-order valence-electron chi connectivity index (χ2n) is 4.75. The van der Waals surface area contributed by atoms with E-state index in [2.05, 4.69) is 0 Å². The molecule has 1 aromatic rings. The largest absolute Gasteiger partial charge is 0.385 e. The van der Waals surface area contributed by atoms with E-state index in [1.807, 2.05) is 6.92 Å². The lowest BCUT2D eigenvalue weighted by molar-refractivity contribution is -0.136. The number of methoxy groups -OCH3 is 1. The Kier molecular flexibility index (Phi) is 6.06. The molecule has 0 saturated heterocycles. The lowest BCUT2D eigenvalue weighted by Gasteiger charge is -2.14. The number of amides is 2. The molecule has 0 fully saturated rings. The second-order valence-corrected chi connectivity index (χ2v) is 6.46. The fourth-order valence-electron chi connectivity index (χ4n) is 2.27. The van der Waals surface area contributed by atoms with Crippen LogP contribution in [0.4, 0.5) is 0 Å². The molecule has 6 heteroatoms. The first-order chi connectivity index (χ1) is 10.6. The molecule has 1 aliphatic heterocycles. The minimum atomic E-state index is -0.237. The number of hydrogen-bond acceptors (Lipinski definition) is 4. The van der Waals surface area contributed by atoms with Crippen LogP contribution in [-0.2, 0) is 14.3 Å². The molecule has 118 valence electrons. The van der Waals surface area contributed by atoms with Crippen LogP contribution in [0.15, 0.2) is 29.2 Å². The van der Waals surface area contributed by atoms with Crippen molar-refractivity contribution in [1.29, 1.82) is 0 Å². The lowest BCUT2D eigenvalue weighted by Crippen LogP contribution is -2.33. The van der Waals surface area contributed by atoms with Crippen LogP contribution in [0.2, 0.25) is 5.02 Å². The van der Waals surface area contributed by atoms with Gasteiger partial charge in [-0.2, -0.15) is 0 Å². The molecule has 0 saturated carbocycles. The summed E-state index contributed by atoms with van der Waals surface area (Å²) in [6.07, 6.45) is 0.631. The summed E-state index contributed by atoms with van der Waals surface area (Å²) in [5.41, 5.74) is 1.21. The van der Waals surface area contributed by atoms with Crippen molar-refractivity contribution in [2.24, 2.45) is 0 Å². The van der Waals surface area contributed by atoms with Crippen molar-refractivity contribution in [2.75, 3.05) is 26.0 Å². The van der Waals surface area contributed by atoms with Gasteiger partial charge in [-0.05, 0) is 29.9 Å². The fraction of sp³-hybridized carbons (Fsp3) is 0.375. The number of hydrogen-bond donors (Lipinski definition) is 0. The van der Waals surface area contributed by atoms with Gasteiger partial charge in [0.15, 0.2) is 0 Å². The quantitative estimate of drug-likeness (QED) is 0.565. The highest BCUT2D eigenvalue weighted by atomic mass is 35.5. The first-order valence-corrected chi connectivity index (χ1v) is 8.44. The highest BCUT2D eigenvalue weighted by molar-refractivity contribution is 8.04. The molecular weight excluding hydrogens is 322 g/mol. The Labute approximate surface area is 139 Å². The number of nitrogens with zero attached hydrogens (tertiary/aromatic N) is 1. The van der Waals surface area contributed by atoms with E-state index < -0.39 is 0 Å². The van der Waals surface area contributed by atoms with Crippen LogP contribution in [0.1, 0.15) is 18.9 Å². The van der Waals surface area contributed by atoms with Crippen LogP contribution in [0.5, 0.6) is 0 Å². The number of ether oxygens (including phenoxy) is 1. The molecule has 1 heterocycles. The minimum absolute atomic E-state index is 0.210. The zero-order valence-electron chi connectivity index (χ0n) is 12.6. The van der Waals surface area contributed by atoms with Crippen LogP contribution >= 0.6 is 23.4 Å². The van der Waals surface area contributed by atoms with Gasteiger partial charge in [-0.25, -0.2) is 0 Å². The summed E-state index contributed by atoms with van der Waals surface area (Å²) in [5, 5.41) is 0.600. The van der Waals surface area contributed by atoms with Crippen molar-refractivity contribution in [2.45, 2.75) is 13.3 Å². The Morgan fingerprint density at radius 2 is 1.86 bits per heavy atom. The van der Waals surface area contributed by atoms with Crippen LogP contribution in [0.25, 0.3) is 5.57 Å². The Hall–Kier alpha value is -1.30. The summed E-state index contributed by atoms with van der Waals surface area (Å²) in [5.74, 6) is 0.287. The molecule has 4 nitrogen and oxygen atoms in total. The van der Waals surface area contributed by atoms with E-state index in [9.17, 15) is 9.59 Å². The second kappa shape index (κ2) is 7.81. The normalized spacial score (nSPS) is 15.1. The predicted molar refractivity (Wildman–Crippen MR) is 89.7 cm³/mol. The summed E-state index contributed by atoms with van der Waals surface area (Å²) in [6.45, 7) is 2.85. The smallest absolute Gasteiger partial charge is 0.267 e. The SMILES string of the molecule is CCSC1=C(c2ccc(Cl)cc2)C(=O)N(CCCOC)C1=O. The summed E-state index contributed by atoms with van der Waals surface area (Å²) in [6, 6.07) is 7.00. The number of carbonyl (C=O) groups excluding carboxylic acids is 2. The third kappa shape index (κ3) is 3.54. The van der Waals surface area contributed by atoms with Gasteiger partial charge in [0.2, 0.25) is 0 Å². The van der Waals surface area contributed by atoms with Crippen LogP contribution in [-0.4, -0.2) is 42.7 Å². The van der Waals surface area contributed by atoms with Gasteiger partial charge in [-0.1, -0.05) is 30.7 Å². The average Bonchev–Trinajstić information content (AvgIpc) is 2.73. The number of thioether (sulfide) groups is 1. The van der Waals surface area contributed by atoms with Crippen LogP contribution in [0.3, 0.4) is 0 Å². The van der Waals surface area contributed by atoms with Gasteiger partial charge in [0.1, 0.15) is 0 Å². The molecule has 1 aromatic carbocycles. The van der Waals surface area contributed by atoms with Gasteiger partial charge < -0.3 is 4.74 Å². The molecule has 0 atom stereocenters. The van der Waals surface area contributed by atoms with Gasteiger partial charge in [-0.15, -0.1) is 11.8 Å². The first-order valence-electron chi connectivity index (χ1n) is 7.08. The standard InChI is InChI=1S/C16H18ClNO3S/c1-3-22-14-13(11-5-7-12(17)8-6-11)15(19)18(16(14)20)9-4-10-21-2/h5-8H,3-4,9-10H2,1-2H3. The van der Waals surface area contributed by atoms with Gasteiger partial charge >= 0.3 is 0 Å². The molecule has 0 unspecified atom stereocenters. The Morgan fingerprint density at radius 1 is 1.18 bits per heavy atom. The predicted octanol–water partition coefficient (Wildman–Crippen LogP) is 3.21. The van der Waals surface area contributed by atoms with Gasteiger partial charge in [0.25, 0.3) is 11.8 Å². The van der Waals surface area contributed by atoms with E-state index in [-0.39, 0.29) is 11.8 Å². The Morgan fingerprint density at radius 3 is 2.45 bits per heavy atom. The van der Waals surface area contributed by atoms with Gasteiger partial charge in [0, 0.05) is 25.3 Å². The van der Waals surface area contributed by atoms with Crippen molar-refractivity contribution in [1.82, 2.24) is 4.90 Å². The molecule has 0 N–H and O–H groups in total. The third-order valence-corrected chi connectivity index (χ3v) is 4.49. The summed E-state index contributed by atoms with van der Waals surface area (Å²) < 4.78 is 4.99. The van der Waals surface area contributed by atoms with Crippen LogP contribution < -0.4 is 0 Å². The van der Waals surface area contributed by atoms with E-state index in [1.165, 1.54) is 16.7 Å². The monoisotopic (exact) mass is 339 g/mol. The van der Waals surface area contributed by atoms with Gasteiger partial charge in [-0.3, -0.25) is 14.5 Å².